The van der Waals surface area contributed by atoms with E-state index in [-0.39, 0.29) is 0 Å². The van der Waals surface area contributed by atoms with Crippen molar-refractivity contribution in [1.29, 1.82) is 0 Å². The van der Waals surface area contributed by atoms with Crippen molar-refractivity contribution in [2.24, 2.45) is 0 Å². The standard InChI is InChI=1S/C19H27N5/c1-22-11-13-23(14-12-22)19-18(16-7-9-20-10-8-16)15-24(21-19)17-5-3-2-4-6-17/h7-10,15,17H,2-6,11-14H2,1H3. The second-order valence-electron chi connectivity index (χ2n) is 7.16. The summed E-state index contributed by atoms with van der Waals surface area (Å²) in [6.45, 7) is 4.31. The van der Waals surface area contributed by atoms with Crippen molar-refractivity contribution >= 4 is 5.82 Å². The summed E-state index contributed by atoms with van der Waals surface area (Å²) in [5.74, 6) is 1.15. The topological polar surface area (TPSA) is 37.2 Å². The van der Waals surface area contributed by atoms with Crippen LogP contribution in [-0.2, 0) is 0 Å². The van der Waals surface area contributed by atoms with Crippen LogP contribution in [0.15, 0.2) is 30.7 Å². The Morgan fingerprint density at radius 2 is 1.67 bits per heavy atom. The van der Waals surface area contributed by atoms with Gasteiger partial charge < -0.3 is 9.80 Å². The summed E-state index contributed by atoms with van der Waals surface area (Å²) in [7, 11) is 2.20. The van der Waals surface area contributed by atoms with Crippen LogP contribution in [0, 0.1) is 0 Å². The minimum Gasteiger partial charge on any atom is -0.352 e. The molecular weight excluding hydrogens is 298 g/mol. The van der Waals surface area contributed by atoms with Crippen LogP contribution in [0.3, 0.4) is 0 Å². The molecule has 0 amide bonds. The number of hydrogen-bond acceptors (Lipinski definition) is 4. The second kappa shape index (κ2) is 6.93. The molecule has 4 rings (SSSR count). The molecule has 0 N–H and O–H groups in total. The van der Waals surface area contributed by atoms with Gasteiger partial charge in [0.25, 0.3) is 0 Å². The maximum Gasteiger partial charge on any atom is 0.158 e. The van der Waals surface area contributed by atoms with Crippen LogP contribution in [0.2, 0.25) is 0 Å². The number of anilines is 1. The molecule has 3 heterocycles. The number of pyridine rings is 1. The molecular formula is C19H27N5. The zero-order valence-electron chi connectivity index (χ0n) is 14.6. The summed E-state index contributed by atoms with van der Waals surface area (Å²) in [5.41, 5.74) is 2.48. The van der Waals surface area contributed by atoms with E-state index in [0.29, 0.717) is 6.04 Å². The van der Waals surface area contributed by atoms with E-state index in [0.717, 1.165) is 32.0 Å². The molecule has 24 heavy (non-hydrogen) atoms. The first-order valence-corrected chi connectivity index (χ1v) is 9.24. The molecule has 0 radical (unpaired) electrons. The van der Waals surface area contributed by atoms with Crippen LogP contribution >= 0.6 is 0 Å². The van der Waals surface area contributed by atoms with E-state index in [1.165, 1.54) is 43.2 Å². The smallest absolute Gasteiger partial charge is 0.158 e. The van der Waals surface area contributed by atoms with Gasteiger partial charge in [-0.25, -0.2) is 0 Å². The minimum atomic E-state index is 0.570. The van der Waals surface area contributed by atoms with E-state index in [9.17, 15) is 0 Å². The van der Waals surface area contributed by atoms with Crippen LogP contribution in [-0.4, -0.2) is 52.9 Å². The molecule has 2 fully saturated rings. The summed E-state index contributed by atoms with van der Waals surface area (Å²) >= 11 is 0. The van der Waals surface area contributed by atoms with Gasteiger partial charge in [-0.15, -0.1) is 0 Å². The van der Waals surface area contributed by atoms with Crippen molar-refractivity contribution in [2.75, 3.05) is 38.1 Å². The Labute approximate surface area is 144 Å². The van der Waals surface area contributed by atoms with Gasteiger partial charge in [0.2, 0.25) is 0 Å². The molecule has 2 aromatic rings. The lowest BCUT2D eigenvalue weighted by Crippen LogP contribution is -2.44. The number of likely N-dealkylation sites (N-methyl/N-ethyl adjacent to an activating group) is 1. The maximum absolute atomic E-state index is 5.06. The first kappa shape index (κ1) is 15.6. The fourth-order valence-corrected chi connectivity index (χ4v) is 3.90. The summed E-state index contributed by atoms with van der Waals surface area (Å²) in [6.07, 6.45) is 12.6. The van der Waals surface area contributed by atoms with E-state index in [2.05, 4.69) is 44.8 Å². The van der Waals surface area contributed by atoms with Gasteiger partial charge in [0.1, 0.15) is 0 Å². The molecule has 2 aromatic heterocycles. The second-order valence-corrected chi connectivity index (χ2v) is 7.16. The average molecular weight is 325 g/mol. The lowest BCUT2D eigenvalue weighted by Gasteiger charge is -2.33. The van der Waals surface area contributed by atoms with Crippen LogP contribution in [0.1, 0.15) is 38.1 Å². The predicted octanol–water partition coefficient (Wildman–Crippen LogP) is 3.20. The summed E-state index contributed by atoms with van der Waals surface area (Å²) < 4.78 is 2.25. The molecule has 5 nitrogen and oxygen atoms in total. The molecule has 1 saturated carbocycles. The highest BCUT2D eigenvalue weighted by Gasteiger charge is 2.24. The molecule has 0 spiro atoms. The van der Waals surface area contributed by atoms with Gasteiger partial charge in [-0.05, 0) is 37.6 Å². The van der Waals surface area contributed by atoms with Crippen LogP contribution < -0.4 is 4.90 Å². The van der Waals surface area contributed by atoms with Crippen molar-refractivity contribution in [1.82, 2.24) is 19.7 Å². The van der Waals surface area contributed by atoms with Gasteiger partial charge in [-0.3, -0.25) is 9.67 Å². The molecule has 2 aliphatic rings. The Balaban J connectivity index is 1.68. The van der Waals surface area contributed by atoms with E-state index in [1.807, 2.05) is 12.4 Å². The number of nitrogens with zero attached hydrogens (tertiary/aromatic N) is 5. The fourth-order valence-electron chi connectivity index (χ4n) is 3.90. The van der Waals surface area contributed by atoms with E-state index >= 15 is 0 Å². The van der Waals surface area contributed by atoms with Crippen molar-refractivity contribution in [3.8, 4) is 11.1 Å². The molecule has 0 bridgehead atoms. The van der Waals surface area contributed by atoms with Crippen molar-refractivity contribution in [2.45, 2.75) is 38.1 Å². The van der Waals surface area contributed by atoms with Gasteiger partial charge >= 0.3 is 0 Å². The Kier molecular flexibility index (Phi) is 4.52. The van der Waals surface area contributed by atoms with E-state index in [4.69, 9.17) is 5.10 Å². The van der Waals surface area contributed by atoms with E-state index < -0.39 is 0 Å². The largest absolute Gasteiger partial charge is 0.352 e. The van der Waals surface area contributed by atoms with Gasteiger partial charge in [-0.1, -0.05) is 19.3 Å². The van der Waals surface area contributed by atoms with Crippen LogP contribution in [0.5, 0.6) is 0 Å². The Hall–Kier alpha value is -1.88. The zero-order valence-corrected chi connectivity index (χ0v) is 14.6. The normalized spacial score (nSPS) is 20.5. The molecule has 128 valence electrons. The molecule has 1 saturated heterocycles. The first-order valence-electron chi connectivity index (χ1n) is 9.24. The molecule has 1 aliphatic carbocycles. The number of hydrogen-bond donors (Lipinski definition) is 0. The first-order chi connectivity index (χ1) is 11.8. The van der Waals surface area contributed by atoms with Crippen molar-refractivity contribution in [3.63, 3.8) is 0 Å². The van der Waals surface area contributed by atoms with Gasteiger partial charge in [0.05, 0.1) is 6.04 Å². The molecule has 1 aliphatic heterocycles. The monoisotopic (exact) mass is 325 g/mol. The summed E-state index contributed by atoms with van der Waals surface area (Å²) in [4.78, 5) is 9.02. The highest BCUT2D eigenvalue weighted by Crippen LogP contribution is 2.34. The summed E-state index contributed by atoms with van der Waals surface area (Å²) in [6, 6.07) is 4.77. The lowest BCUT2D eigenvalue weighted by atomic mass is 9.96. The van der Waals surface area contributed by atoms with Gasteiger partial charge in [-0.2, -0.15) is 5.10 Å². The third kappa shape index (κ3) is 3.18. The Bertz CT molecular complexity index is 652. The zero-order chi connectivity index (χ0) is 16.4. The Morgan fingerprint density at radius 1 is 0.958 bits per heavy atom. The third-order valence-electron chi connectivity index (χ3n) is 5.46. The third-order valence-corrected chi connectivity index (χ3v) is 5.46. The van der Waals surface area contributed by atoms with Gasteiger partial charge in [0.15, 0.2) is 5.82 Å². The average Bonchev–Trinajstić information content (AvgIpc) is 3.09. The molecule has 0 aromatic carbocycles. The Morgan fingerprint density at radius 3 is 2.38 bits per heavy atom. The molecule has 0 unspecified atom stereocenters. The lowest BCUT2D eigenvalue weighted by molar-refractivity contribution is 0.309. The fraction of sp³-hybridized carbons (Fsp3) is 0.579. The SMILES string of the molecule is CN1CCN(c2nn(C3CCCCC3)cc2-c2ccncc2)CC1. The van der Waals surface area contributed by atoms with Crippen LogP contribution in [0.25, 0.3) is 11.1 Å². The maximum atomic E-state index is 5.06. The van der Waals surface area contributed by atoms with Crippen molar-refractivity contribution < 1.29 is 0 Å². The molecule has 0 atom stereocenters. The van der Waals surface area contributed by atoms with E-state index in [1.54, 1.807) is 0 Å². The predicted molar refractivity (Wildman–Crippen MR) is 97.3 cm³/mol. The number of aromatic nitrogens is 3. The van der Waals surface area contributed by atoms with Crippen molar-refractivity contribution in [3.05, 3.63) is 30.7 Å². The molecule has 5 heteroatoms. The highest BCUT2D eigenvalue weighted by molar-refractivity contribution is 5.75. The van der Waals surface area contributed by atoms with Crippen LogP contribution in [0.4, 0.5) is 5.82 Å². The van der Waals surface area contributed by atoms with Gasteiger partial charge in [0, 0.05) is 50.3 Å². The highest BCUT2D eigenvalue weighted by atomic mass is 15.4. The minimum absolute atomic E-state index is 0.570. The summed E-state index contributed by atoms with van der Waals surface area (Å²) in [5, 5.41) is 5.06. The quantitative estimate of drug-likeness (QED) is 0.868. The number of piperazine rings is 1. The number of rotatable bonds is 3.